The van der Waals surface area contributed by atoms with Gasteiger partial charge in [-0.1, -0.05) is 6.08 Å². The van der Waals surface area contributed by atoms with Crippen LogP contribution in [0.1, 0.15) is 18.4 Å². The van der Waals surface area contributed by atoms with E-state index in [-0.39, 0.29) is 24.4 Å². The van der Waals surface area contributed by atoms with E-state index >= 15 is 0 Å². The first-order valence-electron chi connectivity index (χ1n) is 7.60. The lowest BCUT2D eigenvalue weighted by Crippen LogP contribution is -2.46. The van der Waals surface area contributed by atoms with Crippen LogP contribution in [0.5, 0.6) is 0 Å². The summed E-state index contributed by atoms with van der Waals surface area (Å²) < 4.78 is 5.35. The number of hydrogen-bond donors (Lipinski definition) is 1. The molecule has 0 saturated carbocycles. The number of carbonyl (C=O) groups is 1. The summed E-state index contributed by atoms with van der Waals surface area (Å²) in [7, 11) is 0. The molecule has 1 aliphatic heterocycles. The van der Waals surface area contributed by atoms with Crippen molar-refractivity contribution in [3.63, 3.8) is 0 Å². The Kier molecular flexibility index (Phi) is 6.10. The number of nitro groups is 1. The Morgan fingerprint density at radius 3 is 2.61 bits per heavy atom. The quantitative estimate of drug-likeness (QED) is 0.494. The standard InChI is InChI=1S/C16H21N3O4/c1-2-11-18(14-7-9-17-10-8-14)16(20)23-12-13-3-5-15(6-4-13)19(21)22/h2-6,14,17H,1,7-12H2. The Labute approximate surface area is 135 Å². The van der Waals surface area contributed by atoms with Crippen LogP contribution in [0.3, 0.4) is 0 Å². The van der Waals surface area contributed by atoms with Crippen molar-refractivity contribution in [1.29, 1.82) is 0 Å². The van der Waals surface area contributed by atoms with Crippen LogP contribution in [-0.2, 0) is 11.3 Å². The second-order valence-corrected chi connectivity index (χ2v) is 5.40. The Morgan fingerprint density at radius 2 is 2.04 bits per heavy atom. The third-order valence-electron chi connectivity index (χ3n) is 3.82. The molecule has 0 aliphatic carbocycles. The Balaban J connectivity index is 1.92. The zero-order valence-corrected chi connectivity index (χ0v) is 12.9. The Morgan fingerprint density at radius 1 is 1.39 bits per heavy atom. The summed E-state index contributed by atoms with van der Waals surface area (Å²) in [6.45, 7) is 6.00. The van der Waals surface area contributed by atoms with Gasteiger partial charge in [-0.05, 0) is 43.6 Å². The lowest BCUT2D eigenvalue weighted by Gasteiger charge is -2.33. The fourth-order valence-electron chi connectivity index (χ4n) is 2.57. The summed E-state index contributed by atoms with van der Waals surface area (Å²) in [5.74, 6) is 0. The highest BCUT2D eigenvalue weighted by Crippen LogP contribution is 2.16. The van der Waals surface area contributed by atoms with Crippen LogP contribution in [0.4, 0.5) is 10.5 Å². The second-order valence-electron chi connectivity index (χ2n) is 5.40. The molecule has 1 N–H and O–H groups in total. The monoisotopic (exact) mass is 319 g/mol. The molecule has 7 heteroatoms. The number of benzene rings is 1. The third-order valence-corrected chi connectivity index (χ3v) is 3.82. The van der Waals surface area contributed by atoms with Crippen molar-refractivity contribution in [3.8, 4) is 0 Å². The van der Waals surface area contributed by atoms with Crippen LogP contribution < -0.4 is 5.32 Å². The summed E-state index contributed by atoms with van der Waals surface area (Å²) >= 11 is 0. The number of nitrogens with one attached hydrogen (secondary N) is 1. The van der Waals surface area contributed by atoms with Crippen LogP contribution in [-0.4, -0.2) is 41.6 Å². The number of piperidine rings is 1. The molecule has 23 heavy (non-hydrogen) atoms. The minimum Gasteiger partial charge on any atom is -0.445 e. The smallest absolute Gasteiger partial charge is 0.410 e. The molecule has 2 rings (SSSR count). The zero-order chi connectivity index (χ0) is 16.7. The fourth-order valence-corrected chi connectivity index (χ4v) is 2.57. The summed E-state index contributed by atoms with van der Waals surface area (Å²) in [6, 6.07) is 6.13. The molecule has 0 spiro atoms. The van der Waals surface area contributed by atoms with Crippen LogP contribution in [0.25, 0.3) is 0 Å². The van der Waals surface area contributed by atoms with E-state index in [1.165, 1.54) is 12.1 Å². The van der Waals surface area contributed by atoms with Crippen molar-refractivity contribution in [2.75, 3.05) is 19.6 Å². The van der Waals surface area contributed by atoms with Crippen molar-refractivity contribution in [3.05, 3.63) is 52.6 Å². The largest absolute Gasteiger partial charge is 0.445 e. The molecule has 1 aliphatic rings. The molecular weight excluding hydrogens is 298 g/mol. The molecule has 0 radical (unpaired) electrons. The lowest BCUT2D eigenvalue weighted by molar-refractivity contribution is -0.384. The molecule has 0 bridgehead atoms. The highest BCUT2D eigenvalue weighted by atomic mass is 16.6. The van der Waals surface area contributed by atoms with Gasteiger partial charge in [-0.2, -0.15) is 0 Å². The Bertz CT molecular complexity index is 553. The number of amides is 1. The van der Waals surface area contributed by atoms with Gasteiger partial charge in [0.25, 0.3) is 5.69 Å². The normalized spacial score (nSPS) is 15.0. The second kappa shape index (κ2) is 8.28. The van der Waals surface area contributed by atoms with Crippen molar-refractivity contribution >= 4 is 11.8 Å². The van der Waals surface area contributed by atoms with Gasteiger partial charge in [-0.25, -0.2) is 4.79 Å². The van der Waals surface area contributed by atoms with Gasteiger partial charge in [0.2, 0.25) is 0 Å². The molecule has 7 nitrogen and oxygen atoms in total. The number of nitrogens with zero attached hydrogens (tertiary/aromatic N) is 2. The SMILES string of the molecule is C=CCN(C(=O)OCc1ccc([N+](=O)[O-])cc1)C1CCNCC1. The van der Waals surface area contributed by atoms with Crippen LogP contribution in [0.2, 0.25) is 0 Å². The van der Waals surface area contributed by atoms with Gasteiger partial charge in [0.15, 0.2) is 0 Å². The molecule has 0 aromatic heterocycles. The molecule has 0 unspecified atom stereocenters. The Hall–Kier alpha value is -2.41. The minimum atomic E-state index is -0.460. The van der Waals surface area contributed by atoms with E-state index in [9.17, 15) is 14.9 Å². The summed E-state index contributed by atoms with van der Waals surface area (Å²) in [5.41, 5.74) is 0.732. The number of carbonyl (C=O) groups excluding carboxylic acids is 1. The zero-order valence-electron chi connectivity index (χ0n) is 12.9. The van der Waals surface area contributed by atoms with E-state index in [4.69, 9.17) is 4.74 Å². The van der Waals surface area contributed by atoms with Crippen molar-refractivity contribution in [2.24, 2.45) is 0 Å². The van der Waals surface area contributed by atoms with E-state index in [0.717, 1.165) is 25.9 Å². The van der Waals surface area contributed by atoms with Crippen LogP contribution >= 0.6 is 0 Å². The van der Waals surface area contributed by atoms with E-state index in [0.29, 0.717) is 12.1 Å². The summed E-state index contributed by atoms with van der Waals surface area (Å²) in [5, 5.41) is 13.9. The van der Waals surface area contributed by atoms with Gasteiger partial charge in [-0.15, -0.1) is 6.58 Å². The lowest BCUT2D eigenvalue weighted by atomic mass is 10.1. The first-order chi connectivity index (χ1) is 11.1. The summed E-state index contributed by atoms with van der Waals surface area (Å²) in [6.07, 6.45) is 3.09. The minimum absolute atomic E-state index is 0.0167. The van der Waals surface area contributed by atoms with Crippen molar-refractivity contribution in [2.45, 2.75) is 25.5 Å². The summed E-state index contributed by atoms with van der Waals surface area (Å²) in [4.78, 5) is 24.2. The van der Waals surface area contributed by atoms with Gasteiger partial charge in [0, 0.05) is 24.7 Å². The molecular formula is C16H21N3O4. The van der Waals surface area contributed by atoms with Crippen LogP contribution in [0.15, 0.2) is 36.9 Å². The molecule has 0 atom stereocenters. The van der Waals surface area contributed by atoms with E-state index < -0.39 is 4.92 Å². The first-order valence-corrected chi connectivity index (χ1v) is 7.60. The van der Waals surface area contributed by atoms with Crippen molar-refractivity contribution < 1.29 is 14.5 Å². The van der Waals surface area contributed by atoms with Gasteiger partial charge in [0.05, 0.1) is 4.92 Å². The number of hydrogen-bond acceptors (Lipinski definition) is 5. The van der Waals surface area contributed by atoms with E-state index in [1.54, 1.807) is 23.1 Å². The number of ether oxygens (including phenoxy) is 1. The van der Waals surface area contributed by atoms with Gasteiger partial charge >= 0.3 is 6.09 Å². The van der Waals surface area contributed by atoms with Gasteiger partial charge < -0.3 is 15.0 Å². The molecule has 1 aromatic rings. The van der Waals surface area contributed by atoms with Gasteiger partial charge in [0.1, 0.15) is 6.61 Å². The van der Waals surface area contributed by atoms with E-state index in [2.05, 4.69) is 11.9 Å². The average Bonchev–Trinajstić information content (AvgIpc) is 2.58. The molecule has 1 fully saturated rings. The van der Waals surface area contributed by atoms with E-state index in [1.807, 2.05) is 0 Å². The van der Waals surface area contributed by atoms with Crippen LogP contribution in [0, 0.1) is 10.1 Å². The predicted molar refractivity (Wildman–Crippen MR) is 86.1 cm³/mol. The topological polar surface area (TPSA) is 84.7 Å². The number of nitro benzene ring substituents is 1. The highest BCUT2D eigenvalue weighted by Gasteiger charge is 2.25. The number of non-ortho nitro benzene ring substituents is 1. The number of rotatable bonds is 6. The van der Waals surface area contributed by atoms with Crippen molar-refractivity contribution in [1.82, 2.24) is 10.2 Å². The maximum absolute atomic E-state index is 12.3. The fraction of sp³-hybridized carbons (Fsp3) is 0.438. The highest BCUT2D eigenvalue weighted by molar-refractivity contribution is 5.68. The molecule has 1 aromatic carbocycles. The molecule has 1 amide bonds. The molecule has 1 saturated heterocycles. The van der Waals surface area contributed by atoms with Gasteiger partial charge in [-0.3, -0.25) is 10.1 Å². The average molecular weight is 319 g/mol. The maximum atomic E-state index is 12.3. The molecule has 1 heterocycles. The molecule has 124 valence electrons. The third kappa shape index (κ3) is 4.79. The predicted octanol–water partition coefficient (Wildman–Crippen LogP) is 2.47. The maximum Gasteiger partial charge on any atom is 0.410 e. The first kappa shape index (κ1) is 17.0.